The van der Waals surface area contributed by atoms with Crippen LogP contribution in [0.4, 0.5) is 0 Å². The zero-order valence-corrected chi connectivity index (χ0v) is 12.5. The third-order valence-corrected chi connectivity index (χ3v) is 4.60. The second-order valence-corrected chi connectivity index (χ2v) is 6.91. The number of nitrogens with one attached hydrogen (secondary N) is 1. The molecule has 1 atom stereocenters. The Morgan fingerprint density at radius 2 is 2.10 bits per heavy atom. The Kier molecular flexibility index (Phi) is 5.39. The summed E-state index contributed by atoms with van der Waals surface area (Å²) in [5.74, 6) is 0.873. The maximum absolute atomic E-state index is 11.3. The summed E-state index contributed by atoms with van der Waals surface area (Å²) in [6.07, 6.45) is 2.35. The summed E-state index contributed by atoms with van der Waals surface area (Å²) in [6, 6.07) is 7.43. The van der Waals surface area contributed by atoms with E-state index in [4.69, 9.17) is 9.47 Å². The van der Waals surface area contributed by atoms with Gasteiger partial charge in [-0.25, -0.2) is 13.1 Å². The lowest BCUT2D eigenvalue weighted by Crippen LogP contribution is -2.24. The number of ether oxygens (including phenoxy) is 2. The highest BCUT2D eigenvalue weighted by molar-refractivity contribution is 7.89. The van der Waals surface area contributed by atoms with Gasteiger partial charge in [-0.3, -0.25) is 0 Å². The first kappa shape index (κ1) is 15.3. The maximum Gasteiger partial charge on any atom is 0.211 e. The van der Waals surface area contributed by atoms with Crippen LogP contribution in [0.25, 0.3) is 0 Å². The fraction of sp³-hybridized carbons (Fsp3) is 0.571. The average molecular weight is 299 g/mol. The maximum atomic E-state index is 11.3. The molecule has 2 rings (SSSR count). The van der Waals surface area contributed by atoms with Gasteiger partial charge in [0.25, 0.3) is 0 Å². The van der Waals surface area contributed by atoms with Crippen molar-refractivity contribution in [3.8, 4) is 5.75 Å². The van der Waals surface area contributed by atoms with E-state index in [1.165, 1.54) is 0 Å². The minimum atomic E-state index is -3.15. The normalized spacial score (nSPS) is 19.1. The number of hydrogen-bond donors (Lipinski definition) is 1. The lowest BCUT2D eigenvalue weighted by molar-refractivity contribution is 0.0679. The Hall–Kier alpha value is -1.11. The summed E-state index contributed by atoms with van der Waals surface area (Å²) >= 11 is 0. The fourth-order valence-electron chi connectivity index (χ4n) is 1.96. The van der Waals surface area contributed by atoms with Gasteiger partial charge in [0.05, 0.1) is 11.9 Å². The van der Waals surface area contributed by atoms with Crippen LogP contribution in [0.15, 0.2) is 24.3 Å². The van der Waals surface area contributed by atoms with Crippen LogP contribution in [0.1, 0.15) is 25.3 Å². The van der Waals surface area contributed by atoms with Gasteiger partial charge in [-0.2, -0.15) is 0 Å². The van der Waals surface area contributed by atoms with Crippen LogP contribution in [-0.2, 0) is 21.3 Å². The van der Waals surface area contributed by atoms with Crippen LogP contribution >= 0.6 is 0 Å². The van der Waals surface area contributed by atoms with Gasteiger partial charge in [-0.15, -0.1) is 0 Å². The van der Waals surface area contributed by atoms with Crippen molar-refractivity contribution in [2.45, 2.75) is 32.4 Å². The summed E-state index contributed by atoms with van der Waals surface area (Å²) in [5, 5.41) is 0. The van der Waals surface area contributed by atoms with Crippen molar-refractivity contribution in [1.29, 1.82) is 0 Å². The molecular formula is C14H21NO4S. The average Bonchev–Trinajstić information content (AvgIpc) is 2.97. The third kappa shape index (κ3) is 4.77. The standard InChI is InChI=1S/C14H21NO4S/c1-2-20(16,17)15-10-12-5-7-13(8-6-12)19-11-14-4-3-9-18-14/h5-8,14-15H,2-4,9-11H2,1H3/t14-/m0/s1. The predicted molar refractivity (Wildman–Crippen MR) is 77.2 cm³/mol. The van der Waals surface area contributed by atoms with Crippen molar-refractivity contribution >= 4 is 10.0 Å². The Labute approximate surface area is 120 Å². The number of benzene rings is 1. The fourth-order valence-corrected chi connectivity index (χ4v) is 2.55. The van der Waals surface area contributed by atoms with Crippen molar-refractivity contribution in [3.05, 3.63) is 29.8 Å². The van der Waals surface area contributed by atoms with Crippen LogP contribution in [0.3, 0.4) is 0 Å². The Morgan fingerprint density at radius 3 is 2.70 bits per heavy atom. The van der Waals surface area contributed by atoms with E-state index in [1.807, 2.05) is 24.3 Å². The molecule has 1 aliphatic heterocycles. The second-order valence-electron chi connectivity index (χ2n) is 4.81. The van der Waals surface area contributed by atoms with E-state index < -0.39 is 10.0 Å². The SMILES string of the molecule is CCS(=O)(=O)NCc1ccc(OC[C@@H]2CCCO2)cc1. The highest BCUT2D eigenvalue weighted by Gasteiger charge is 2.15. The van der Waals surface area contributed by atoms with Crippen LogP contribution < -0.4 is 9.46 Å². The van der Waals surface area contributed by atoms with E-state index in [1.54, 1.807) is 6.92 Å². The van der Waals surface area contributed by atoms with Crippen LogP contribution in [0.2, 0.25) is 0 Å². The molecule has 1 fully saturated rings. The molecule has 1 aromatic carbocycles. The van der Waals surface area contributed by atoms with E-state index in [0.29, 0.717) is 13.2 Å². The summed E-state index contributed by atoms with van der Waals surface area (Å²) < 4.78 is 36.3. The molecule has 0 amide bonds. The topological polar surface area (TPSA) is 64.6 Å². The minimum Gasteiger partial charge on any atom is -0.491 e. The second kappa shape index (κ2) is 7.06. The smallest absolute Gasteiger partial charge is 0.211 e. The van der Waals surface area contributed by atoms with Gasteiger partial charge in [-0.05, 0) is 37.5 Å². The van der Waals surface area contributed by atoms with Gasteiger partial charge in [-0.1, -0.05) is 12.1 Å². The number of hydrogen-bond acceptors (Lipinski definition) is 4. The molecule has 0 bridgehead atoms. The van der Waals surface area contributed by atoms with Crippen molar-refractivity contribution in [1.82, 2.24) is 4.72 Å². The summed E-state index contributed by atoms with van der Waals surface area (Å²) in [5.41, 5.74) is 0.909. The predicted octanol–water partition coefficient (Wildman–Crippen LogP) is 1.68. The van der Waals surface area contributed by atoms with Crippen LogP contribution in [0.5, 0.6) is 5.75 Å². The molecule has 112 valence electrons. The zero-order valence-electron chi connectivity index (χ0n) is 11.7. The zero-order chi connectivity index (χ0) is 14.4. The number of sulfonamides is 1. The van der Waals surface area contributed by atoms with Crippen LogP contribution in [-0.4, -0.2) is 33.5 Å². The van der Waals surface area contributed by atoms with E-state index in [-0.39, 0.29) is 11.9 Å². The van der Waals surface area contributed by atoms with Crippen molar-refractivity contribution < 1.29 is 17.9 Å². The van der Waals surface area contributed by atoms with Crippen molar-refractivity contribution in [2.75, 3.05) is 19.0 Å². The van der Waals surface area contributed by atoms with E-state index in [2.05, 4.69) is 4.72 Å². The minimum absolute atomic E-state index is 0.0928. The highest BCUT2D eigenvalue weighted by atomic mass is 32.2. The summed E-state index contributed by atoms with van der Waals surface area (Å²) in [6.45, 7) is 3.32. The van der Waals surface area contributed by atoms with Gasteiger partial charge >= 0.3 is 0 Å². The van der Waals surface area contributed by atoms with Gasteiger partial charge in [0.1, 0.15) is 12.4 Å². The van der Waals surface area contributed by atoms with Crippen molar-refractivity contribution in [3.63, 3.8) is 0 Å². The molecule has 0 aliphatic carbocycles. The number of rotatable bonds is 7. The van der Waals surface area contributed by atoms with Crippen molar-refractivity contribution in [2.24, 2.45) is 0 Å². The molecule has 1 aliphatic rings. The molecule has 1 N–H and O–H groups in total. The molecule has 1 heterocycles. The molecule has 1 saturated heterocycles. The first-order valence-corrected chi connectivity index (χ1v) is 8.55. The van der Waals surface area contributed by atoms with Gasteiger partial charge < -0.3 is 9.47 Å². The van der Waals surface area contributed by atoms with Gasteiger partial charge in [0.15, 0.2) is 0 Å². The Morgan fingerprint density at radius 1 is 1.35 bits per heavy atom. The van der Waals surface area contributed by atoms with Gasteiger partial charge in [0.2, 0.25) is 10.0 Å². The molecular weight excluding hydrogens is 278 g/mol. The highest BCUT2D eigenvalue weighted by Crippen LogP contribution is 2.16. The molecule has 0 unspecified atom stereocenters. The third-order valence-electron chi connectivity index (χ3n) is 3.26. The lowest BCUT2D eigenvalue weighted by atomic mass is 10.2. The summed E-state index contributed by atoms with van der Waals surface area (Å²) in [4.78, 5) is 0. The molecule has 0 aromatic heterocycles. The first-order chi connectivity index (χ1) is 9.59. The summed E-state index contributed by atoms with van der Waals surface area (Å²) in [7, 11) is -3.15. The molecule has 20 heavy (non-hydrogen) atoms. The Balaban J connectivity index is 1.80. The van der Waals surface area contributed by atoms with E-state index >= 15 is 0 Å². The van der Waals surface area contributed by atoms with Gasteiger partial charge in [0, 0.05) is 13.2 Å². The molecule has 1 aromatic rings. The molecule has 0 radical (unpaired) electrons. The lowest BCUT2D eigenvalue weighted by Gasteiger charge is -2.12. The van der Waals surface area contributed by atoms with Crippen LogP contribution in [0, 0.1) is 0 Å². The van der Waals surface area contributed by atoms with E-state index in [9.17, 15) is 8.42 Å². The molecule has 0 spiro atoms. The monoisotopic (exact) mass is 299 g/mol. The largest absolute Gasteiger partial charge is 0.491 e. The van der Waals surface area contributed by atoms with E-state index in [0.717, 1.165) is 30.8 Å². The Bertz CT molecular complexity index is 506. The molecule has 5 nitrogen and oxygen atoms in total. The quantitative estimate of drug-likeness (QED) is 0.832. The molecule has 6 heteroatoms. The molecule has 0 saturated carbocycles. The first-order valence-electron chi connectivity index (χ1n) is 6.90.